The summed E-state index contributed by atoms with van der Waals surface area (Å²) in [4.78, 5) is 11.3. The highest BCUT2D eigenvalue weighted by atomic mass is 16.3. The number of aliphatic hydroxyl groups excluding tert-OH is 1. The van der Waals surface area contributed by atoms with Crippen LogP contribution in [0.5, 0.6) is 0 Å². The summed E-state index contributed by atoms with van der Waals surface area (Å²) in [6.45, 7) is 13.2. The largest absolute Gasteiger partial charge is 0.377 e. The molecular formula is C17H38N4O2. The third kappa shape index (κ3) is 10.0. The lowest BCUT2D eigenvalue weighted by atomic mass is 10.0. The number of hydrogen-bond donors (Lipinski definition) is 5. The average molecular weight is 331 g/mol. The zero-order valence-electron chi connectivity index (χ0n) is 15.7. The van der Waals surface area contributed by atoms with E-state index in [2.05, 4.69) is 22.9 Å². The molecule has 23 heavy (non-hydrogen) atoms. The van der Waals surface area contributed by atoms with Gasteiger partial charge in [-0.15, -0.1) is 0 Å². The van der Waals surface area contributed by atoms with Gasteiger partial charge in [0.05, 0.1) is 6.04 Å². The van der Waals surface area contributed by atoms with E-state index >= 15 is 0 Å². The number of carbonyl (C=O) groups is 1. The number of aliphatic hydroxyl groups is 1. The molecular weight excluding hydrogens is 292 g/mol. The van der Waals surface area contributed by atoms with Crippen molar-refractivity contribution in [3.63, 3.8) is 0 Å². The van der Waals surface area contributed by atoms with E-state index in [9.17, 15) is 9.90 Å². The lowest BCUT2D eigenvalue weighted by Gasteiger charge is -2.28. The van der Waals surface area contributed by atoms with Crippen molar-refractivity contribution in [1.29, 1.82) is 0 Å². The first-order chi connectivity index (χ1) is 10.7. The van der Waals surface area contributed by atoms with Crippen molar-refractivity contribution in [3.05, 3.63) is 0 Å². The first-order valence-corrected chi connectivity index (χ1v) is 8.85. The highest BCUT2D eigenvalue weighted by Gasteiger charge is 2.20. The lowest BCUT2D eigenvalue weighted by molar-refractivity contribution is -0.118. The van der Waals surface area contributed by atoms with Crippen LogP contribution in [-0.4, -0.2) is 54.4 Å². The van der Waals surface area contributed by atoms with Crippen LogP contribution in [0.1, 0.15) is 54.4 Å². The van der Waals surface area contributed by atoms with Gasteiger partial charge >= 0.3 is 0 Å². The summed E-state index contributed by atoms with van der Waals surface area (Å²) in [5, 5.41) is 19.9. The van der Waals surface area contributed by atoms with Gasteiger partial charge in [0.25, 0.3) is 0 Å². The van der Waals surface area contributed by atoms with Gasteiger partial charge in [-0.1, -0.05) is 27.2 Å². The molecule has 0 saturated heterocycles. The Balaban J connectivity index is 4.21. The van der Waals surface area contributed by atoms with Crippen LogP contribution in [0.4, 0.5) is 0 Å². The molecule has 5 atom stereocenters. The normalized spacial score (nSPS) is 18.5. The minimum atomic E-state index is -0.702. The maximum absolute atomic E-state index is 11.3. The van der Waals surface area contributed by atoms with E-state index in [1.54, 1.807) is 6.92 Å². The Hall–Kier alpha value is -0.530. The summed E-state index contributed by atoms with van der Waals surface area (Å²) >= 11 is 0. The molecule has 6 nitrogen and oxygen atoms in total. The van der Waals surface area contributed by atoms with Gasteiger partial charge in [-0.2, -0.15) is 0 Å². The smallest absolute Gasteiger partial charge is 0.146 e. The van der Waals surface area contributed by atoms with Crippen LogP contribution in [-0.2, 0) is 4.79 Å². The first kappa shape index (κ1) is 22.5. The predicted molar refractivity (Wildman–Crippen MR) is 96.3 cm³/mol. The zero-order chi connectivity index (χ0) is 18.0. The van der Waals surface area contributed by atoms with Crippen LogP contribution < -0.4 is 21.7 Å². The summed E-state index contributed by atoms with van der Waals surface area (Å²) < 4.78 is 0. The topological polar surface area (TPSA) is 99.4 Å². The van der Waals surface area contributed by atoms with Crippen LogP contribution in [0.25, 0.3) is 0 Å². The summed E-state index contributed by atoms with van der Waals surface area (Å²) in [5.74, 6) is 0.379. The van der Waals surface area contributed by atoms with Crippen molar-refractivity contribution in [2.45, 2.75) is 84.8 Å². The minimum absolute atomic E-state index is 0.111. The third-order valence-electron chi connectivity index (χ3n) is 4.22. The van der Waals surface area contributed by atoms with Gasteiger partial charge in [0.1, 0.15) is 12.0 Å². The van der Waals surface area contributed by atoms with Gasteiger partial charge in [-0.3, -0.25) is 10.1 Å². The highest BCUT2D eigenvalue weighted by molar-refractivity contribution is 5.80. The number of carbonyl (C=O) groups excluding carboxylic acids is 1. The molecule has 0 unspecified atom stereocenters. The molecule has 0 aromatic rings. The van der Waals surface area contributed by atoms with E-state index in [0.717, 1.165) is 25.9 Å². The number of hydrogen-bond acceptors (Lipinski definition) is 6. The van der Waals surface area contributed by atoms with Crippen LogP contribution in [0, 0.1) is 5.92 Å². The van der Waals surface area contributed by atoms with E-state index in [-0.39, 0.29) is 29.8 Å². The zero-order valence-corrected chi connectivity index (χ0v) is 15.7. The molecule has 0 spiro atoms. The lowest BCUT2D eigenvalue weighted by Crippen LogP contribution is -2.54. The molecule has 6 heteroatoms. The summed E-state index contributed by atoms with van der Waals surface area (Å²) in [7, 11) is 0. The molecule has 6 N–H and O–H groups in total. The first-order valence-electron chi connectivity index (χ1n) is 8.85. The fourth-order valence-corrected chi connectivity index (χ4v) is 2.26. The third-order valence-corrected chi connectivity index (χ3v) is 4.22. The summed E-state index contributed by atoms with van der Waals surface area (Å²) in [6.07, 6.45) is 1.42. The second-order valence-corrected chi connectivity index (χ2v) is 6.97. The minimum Gasteiger partial charge on any atom is -0.377 e. The predicted octanol–water partition coefficient (Wildman–Crippen LogP) is 0.592. The molecule has 0 bridgehead atoms. The van der Waals surface area contributed by atoms with Crippen LogP contribution in [0.3, 0.4) is 0 Å². The van der Waals surface area contributed by atoms with Gasteiger partial charge in [-0.25, -0.2) is 0 Å². The van der Waals surface area contributed by atoms with Gasteiger partial charge in [0.15, 0.2) is 0 Å². The molecule has 0 aromatic carbocycles. The number of Topliss-reactive ketones (excluding diaryl/α,β-unsaturated/α-hetero) is 1. The van der Waals surface area contributed by atoms with E-state index in [1.807, 2.05) is 27.7 Å². The van der Waals surface area contributed by atoms with Crippen molar-refractivity contribution < 1.29 is 9.90 Å². The summed E-state index contributed by atoms with van der Waals surface area (Å²) in [5.41, 5.74) is 5.95. The molecule has 0 aliphatic heterocycles. The van der Waals surface area contributed by atoms with E-state index < -0.39 is 6.23 Å². The molecule has 0 aromatic heterocycles. The SMILES string of the molecule is CCC[C@@H](CN[C@@H](C)C(C)=O)NC[C@H](C)N[C@@H](O)[C@@H](N)C(C)C. The fraction of sp³-hybridized carbons (Fsp3) is 0.941. The van der Waals surface area contributed by atoms with Crippen LogP contribution in [0.2, 0.25) is 0 Å². The van der Waals surface area contributed by atoms with Gasteiger partial charge in [0, 0.05) is 31.2 Å². The maximum atomic E-state index is 11.3. The van der Waals surface area contributed by atoms with Crippen LogP contribution in [0.15, 0.2) is 0 Å². The van der Waals surface area contributed by atoms with E-state index in [0.29, 0.717) is 6.04 Å². The van der Waals surface area contributed by atoms with Gasteiger partial charge in [-0.05, 0) is 33.1 Å². The van der Waals surface area contributed by atoms with E-state index in [4.69, 9.17) is 5.73 Å². The Morgan fingerprint density at radius 3 is 2.22 bits per heavy atom. The van der Waals surface area contributed by atoms with Crippen molar-refractivity contribution in [2.75, 3.05) is 13.1 Å². The Bertz CT molecular complexity index is 326. The summed E-state index contributed by atoms with van der Waals surface area (Å²) in [6, 6.07) is 0.0286. The molecule has 0 fully saturated rings. The maximum Gasteiger partial charge on any atom is 0.146 e. The highest BCUT2D eigenvalue weighted by Crippen LogP contribution is 2.03. The van der Waals surface area contributed by atoms with Crippen molar-refractivity contribution in [2.24, 2.45) is 11.7 Å². The number of nitrogens with one attached hydrogen (secondary N) is 3. The Labute approximate surface area is 142 Å². The quantitative estimate of drug-likeness (QED) is 0.317. The Morgan fingerprint density at radius 1 is 1.13 bits per heavy atom. The molecule has 0 amide bonds. The number of rotatable bonds is 13. The van der Waals surface area contributed by atoms with Gasteiger partial charge < -0.3 is 21.5 Å². The Morgan fingerprint density at radius 2 is 1.74 bits per heavy atom. The monoisotopic (exact) mass is 330 g/mol. The van der Waals surface area contributed by atoms with Crippen molar-refractivity contribution in [1.82, 2.24) is 16.0 Å². The molecule has 0 heterocycles. The second-order valence-electron chi connectivity index (χ2n) is 6.97. The molecule has 138 valence electrons. The molecule has 0 aliphatic carbocycles. The second kappa shape index (κ2) is 11.9. The molecule has 0 aliphatic rings. The Kier molecular flexibility index (Phi) is 11.6. The van der Waals surface area contributed by atoms with E-state index in [1.165, 1.54) is 0 Å². The van der Waals surface area contributed by atoms with Gasteiger partial charge in [0.2, 0.25) is 0 Å². The van der Waals surface area contributed by atoms with Crippen molar-refractivity contribution in [3.8, 4) is 0 Å². The van der Waals surface area contributed by atoms with Crippen LogP contribution >= 0.6 is 0 Å². The standard InChI is InChI=1S/C17H38N4O2/c1-7-8-15(10-19-13(5)14(6)22)20-9-12(4)21-17(23)16(18)11(2)3/h11-13,15-17,19-21,23H,7-10,18H2,1-6H3/t12-,13-,15-,16-,17-/m0/s1. The number of nitrogens with two attached hydrogens (primary N) is 1. The molecule has 0 rings (SSSR count). The fourth-order valence-electron chi connectivity index (χ4n) is 2.26. The number of ketones is 1. The average Bonchev–Trinajstić information content (AvgIpc) is 2.48. The molecule has 0 radical (unpaired) electrons. The van der Waals surface area contributed by atoms with Crippen molar-refractivity contribution >= 4 is 5.78 Å². The molecule has 0 saturated carbocycles.